The minimum Gasteiger partial charge on any atom is -0.338 e. The maximum Gasteiger partial charge on any atom is 0.239 e. The molecule has 0 aliphatic carbocycles. The van der Waals surface area contributed by atoms with Crippen LogP contribution in [-0.2, 0) is 4.79 Å². The van der Waals surface area contributed by atoms with E-state index in [0.29, 0.717) is 0 Å². The second-order valence-electron chi connectivity index (χ2n) is 4.11. The van der Waals surface area contributed by atoms with Gasteiger partial charge in [-0.05, 0) is 26.8 Å². The van der Waals surface area contributed by atoms with E-state index in [4.69, 9.17) is 5.73 Å². The van der Waals surface area contributed by atoms with E-state index < -0.39 is 6.04 Å². The highest BCUT2D eigenvalue weighted by Gasteiger charge is 2.36. The number of halogens is 1. The summed E-state index contributed by atoms with van der Waals surface area (Å²) in [5, 5.41) is 3.25. The quantitative estimate of drug-likeness (QED) is 0.689. The predicted molar refractivity (Wildman–Crippen MR) is 59.6 cm³/mol. The number of carbonyl (C=O) groups is 1. The Labute approximate surface area is 91.6 Å². The fraction of sp³-hybridized carbons (Fsp3) is 0.889. The van der Waals surface area contributed by atoms with Crippen molar-refractivity contribution in [3.63, 3.8) is 0 Å². The smallest absolute Gasteiger partial charge is 0.239 e. The standard InChI is InChI=1S/C9H19N3O.ClH/c1-7(10)8(13)12(3)9(2)4-5-11-6-9;/h7,11H,4-6,10H2,1-3H3;1H/t7-,9?;/m1./s1. The molecule has 0 aromatic carbocycles. The van der Waals surface area contributed by atoms with E-state index in [1.54, 1.807) is 11.8 Å². The first kappa shape index (κ1) is 13.7. The zero-order chi connectivity index (χ0) is 10.1. The van der Waals surface area contributed by atoms with E-state index in [0.717, 1.165) is 19.5 Å². The third-order valence-corrected chi connectivity index (χ3v) is 2.88. The number of carbonyl (C=O) groups excluding carboxylic acids is 1. The lowest BCUT2D eigenvalue weighted by molar-refractivity contribution is -0.135. The Balaban J connectivity index is 0.00000169. The first-order chi connectivity index (χ1) is 5.97. The Morgan fingerprint density at radius 3 is 2.57 bits per heavy atom. The third-order valence-electron chi connectivity index (χ3n) is 2.88. The maximum atomic E-state index is 11.6. The lowest BCUT2D eigenvalue weighted by Gasteiger charge is -2.35. The minimum atomic E-state index is -0.401. The third kappa shape index (κ3) is 2.59. The molecule has 0 bridgehead atoms. The molecule has 4 nitrogen and oxygen atoms in total. The number of likely N-dealkylation sites (N-methyl/N-ethyl adjacent to an activating group) is 1. The van der Waals surface area contributed by atoms with Crippen molar-refractivity contribution in [3.05, 3.63) is 0 Å². The van der Waals surface area contributed by atoms with Crippen molar-refractivity contribution in [2.75, 3.05) is 20.1 Å². The van der Waals surface area contributed by atoms with Crippen LogP contribution >= 0.6 is 12.4 Å². The van der Waals surface area contributed by atoms with Crippen LogP contribution in [0, 0.1) is 0 Å². The summed E-state index contributed by atoms with van der Waals surface area (Å²) in [4.78, 5) is 13.4. The van der Waals surface area contributed by atoms with Crippen molar-refractivity contribution >= 4 is 18.3 Å². The molecule has 0 radical (unpaired) electrons. The molecular formula is C9H20ClN3O. The number of nitrogens with zero attached hydrogens (tertiary/aromatic N) is 1. The van der Waals surface area contributed by atoms with Gasteiger partial charge in [0, 0.05) is 13.6 Å². The molecule has 1 amide bonds. The summed E-state index contributed by atoms with van der Waals surface area (Å²) < 4.78 is 0. The van der Waals surface area contributed by atoms with Crippen LogP contribution < -0.4 is 11.1 Å². The lowest BCUT2D eigenvalue weighted by atomic mass is 9.99. The van der Waals surface area contributed by atoms with Gasteiger partial charge in [-0.15, -0.1) is 12.4 Å². The number of nitrogens with one attached hydrogen (secondary N) is 1. The molecule has 5 heteroatoms. The van der Waals surface area contributed by atoms with Gasteiger partial charge in [-0.2, -0.15) is 0 Å². The fourth-order valence-electron chi connectivity index (χ4n) is 1.66. The molecule has 1 aliphatic heterocycles. The lowest BCUT2D eigenvalue weighted by Crippen LogP contribution is -2.53. The second kappa shape index (κ2) is 4.96. The van der Waals surface area contributed by atoms with Gasteiger partial charge in [-0.3, -0.25) is 4.79 Å². The highest BCUT2D eigenvalue weighted by molar-refractivity contribution is 5.85. The van der Waals surface area contributed by atoms with Gasteiger partial charge in [0.2, 0.25) is 5.91 Å². The molecule has 1 fully saturated rings. The highest BCUT2D eigenvalue weighted by atomic mass is 35.5. The average Bonchev–Trinajstić information content (AvgIpc) is 2.50. The molecule has 0 aromatic rings. The molecule has 3 N–H and O–H groups in total. The first-order valence-corrected chi connectivity index (χ1v) is 4.71. The van der Waals surface area contributed by atoms with Crippen LogP contribution in [0.2, 0.25) is 0 Å². The van der Waals surface area contributed by atoms with Crippen molar-refractivity contribution in [1.82, 2.24) is 10.2 Å². The Hall–Kier alpha value is -0.320. The van der Waals surface area contributed by atoms with Crippen molar-refractivity contribution < 1.29 is 4.79 Å². The number of nitrogens with two attached hydrogens (primary N) is 1. The zero-order valence-corrected chi connectivity index (χ0v) is 9.86. The molecule has 1 unspecified atom stereocenters. The van der Waals surface area contributed by atoms with E-state index in [2.05, 4.69) is 12.2 Å². The van der Waals surface area contributed by atoms with E-state index in [9.17, 15) is 4.79 Å². The first-order valence-electron chi connectivity index (χ1n) is 4.71. The number of hydrogen-bond donors (Lipinski definition) is 2. The van der Waals surface area contributed by atoms with Crippen LogP contribution in [0.5, 0.6) is 0 Å². The summed E-state index contributed by atoms with van der Waals surface area (Å²) in [6.45, 7) is 5.66. The van der Waals surface area contributed by atoms with Crippen molar-refractivity contribution in [2.24, 2.45) is 5.73 Å². The molecule has 1 aliphatic rings. The van der Waals surface area contributed by atoms with Gasteiger partial charge < -0.3 is 16.0 Å². The molecule has 0 aromatic heterocycles. The van der Waals surface area contributed by atoms with Gasteiger partial charge in [0.1, 0.15) is 0 Å². The summed E-state index contributed by atoms with van der Waals surface area (Å²) in [5.41, 5.74) is 5.50. The topological polar surface area (TPSA) is 58.4 Å². The molecule has 14 heavy (non-hydrogen) atoms. The fourth-order valence-corrected chi connectivity index (χ4v) is 1.66. The van der Waals surface area contributed by atoms with Crippen LogP contribution in [0.15, 0.2) is 0 Å². The van der Waals surface area contributed by atoms with Crippen LogP contribution in [0.4, 0.5) is 0 Å². The summed E-state index contributed by atoms with van der Waals surface area (Å²) in [5.74, 6) is 0.0196. The molecular weight excluding hydrogens is 202 g/mol. The molecule has 1 heterocycles. The van der Waals surface area contributed by atoms with Gasteiger partial charge in [-0.25, -0.2) is 0 Å². The Bertz CT molecular complexity index is 202. The molecule has 84 valence electrons. The van der Waals surface area contributed by atoms with E-state index in [1.165, 1.54) is 0 Å². The second-order valence-corrected chi connectivity index (χ2v) is 4.11. The Morgan fingerprint density at radius 2 is 2.21 bits per heavy atom. The van der Waals surface area contributed by atoms with Crippen LogP contribution in [0.1, 0.15) is 20.3 Å². The van der Waals surface area contributed by atoms with Crippen molar-refractivity contribution in [2.45, 2.75) is 31.8 Å². The van der Waals surface area contributed by atoms with Crippen LogP contribution in [0.25, 0.3) is 0 Å². The number of amides is 1. The monoisotopic (exact) mass is 221 g/mol. The zero-order valence-electron chi connectivity index (χ0n) is 9.04. The normalized spacial score (nSPS) is 28.0. The van der Waals surface area contributed by atoms with Gasteiger partial charge in [0.25, 0.3) is 0 Å². The largest absolute Gasteiger partial charge is 0.338 e. The van der Waals surface area contributed by atoms with E-state index in [1.807, 2.05) is 7.05 Å². The number of rotatable bonds is 2. The SMILES string of the molecule is C[C@@H](N)C(=O)N(C)C1(C)CCNC1.Cl. The average molecular weight is 222 g/mol. The molecule has 2 atom stereocenters. The van der Waals surface area contributed by atoms with Crippen LogP contribution in [0.3, 0.4) is 0 Å². The molecule has 1 rings (SSSR count). The van der Waals surface area contributed by atoms with Gasteiger partial charge in [0.15, 0.2) is 0 Å². The Morgan fingerprint density at radius 1 is 1.64 bits per heavy atom. The van der Waals surface area contributed by atoms with E-state index >= 15 is 0 Å². The van der Waals surface area contributed by atoms with Crippen molar-refractivity contribution in [3.8, 4) is 0 Å². The maximum absolute atomic E-state index is 11.6. The minimum absolute atomic E-state index is 0. The number of hydrogen-bond acceptors (Lipinski definition) is 3. The van der Waals surface area contributed by atoms with Gasteiger partial charge >= 0.3 is 0 Å². The Kier molecular flexibility index (Phi) is 4.84. The molecule has 0 spiro atoms. The molecule has 1 saturated heterocycles. The van der Waals surface area contributed by atoms with Gasteiger partial charge in [0.05, 0.1) is 11.6 Å². The predicted octanol–water partition coefficient (Wildman–Crippen LogP) is -0.0342. The summed E-state index contributed by atoms with van der Waals surface area (Å²) in [6.07, 6.45) is 1.00. The van der Waals surface area contributed by atoms with Gasteiger partial charge in [-0.1, -0.05) is 0 Å². The summed E-state index contributed by atoms with van der Waals surface area (Å²) in [7, 11) is 1.83. The van der Waals surface area contributed by atoms with Crippen molar-refractivity contribution in [1.29, 1.82) is 0 Å². The van der Waals surface area contributed by atoms with Crippen LogP contribution in [-0.4, -0.2) is 42.5 Å². The molecule has 0 saturated carbocycles. The summed E-state index contributed by atoms with van der Waals surface area (Å²) >= 11 is 0. The van der Waals surface area contributed by atoms with E-state index in [-0.39, 0.29) is 23.9 Å². The highest BCUT2D eigenvalue weighted by Crippen LogP contribution is 2.21. The summed E-state index contributed by atoms with van der Waals surface area (Å²) in [6, 6.07) is -0.401.